The van der Waals surface area contributed by atoms with E-state index in [4.69, 9.17) is 4.74 Å². The topological polar surface area (TPSA) is 59.4 Å². The first-order valence-corrected chi connectivity index (χ1v) is 8.94. The Hall–Kier alpha value is -0.590. The lowest BCUT2D eigenvalue weighted by atomic mass is 9.80. The SMILES string of the molecule is CCOC(=O)C1CCC(O)(CSc2ccc(Br)cn2)CC1. The highest BCUT2D eigenvalue weighted by Crippen LogP contribution is 2.36. The smallest absolute Gasteiger partial charge is 0.308 e. The van der Waals surface area contributed by atoms with Crippen LogP contribution in [0.4, 0.5) is 0 Å². The number of ether oxygens (including phenoxy) is 1. The predicted molar refractivity (Wildman–Crippen MR) is 86.2 cm³/mol. The maximum absolute atomic E-state index is 11.7. The van der Waals surface area contributed by atoms with Crippen LogP contribution in [-0.2, 0) is 9.53 Å². The summed E-state index contributed by atoms with van der Waals surface area (Å²) in [4.78, 5) is 16.0. The molecule has 2 rings (SSSR count). The van der Waals surface area contributed by atoms with Gasteiger partial charge < -0.3 is 9.84 Å². The molecule has 4 nitrogen and oxygen atoms in total. The fraction of sp³-hybridized carbons (Fsp3) is 0.600. The number of aliphatic hydroxyl groups is 1. The summed E-state index contributed by atoms with van der Waals surface area (Å²) in [5.41, 5.74) is -0.706. The zero-order chi connectivity index (χ0) is 15.3. The van der Waals surface area contributed by atoms with Crippen LogP contribution >= 0.6 is 27.7 Å². The molecule has 1 aliphatic carbocycles. The van der Waals surface area contributed by atoms with Crippen LogP contribution in [0.25, 0.3) is 0 Å². The van der Waals surface area contributed by atoms with E-state index in [0.717, 1.165) is 9.50 Å². The Kier molecular flexibility index (Phi) is 6.08. The van der Waals surface area contributed by atoms with E-state index in [-0.39, 0.29) is 11.9 Å². The summed E-state index contributed by atoms with van der Waals surface area (Å²) in [6.45, 7) is 2.24. The molecule has 0 atom stereocenters. The van der Waals surface area contributed by atoms with Crippen molar-refractivity contribution in [3.05, 3.63) is 22.8 Å². The molecule has 0 radical (unpaired) electrons. The number of aromatic nitrogens is 1. The number of hydrogen-bond donors (Lipinski definition) is 1. The first-order chi connectivity index (χ1) is 10.0. The molecule has 0 spiro atoms. The van der Waals surface area contributed by atoms with Gasteiger partial charge in [0.2, 0.25) is 0 Å². The highest BCUT2D eigenvalue weighted by atomic mass is 79.9. The molecular weight excluding hydrogens is 354 g/mol. The average Bonchev–Trinajstić information content (AvgIpc) is 2.48. The Morgan fingerprint density at radius 1 is 1.52 bits per heavy atom. The third-order valence-electron chi connectivity index (χ3n) is 3.73. The van der Waals surface area contributed by atoms with Crippen LogP contribution in [0.15, 0.2) is 27.8 Å². The average molecular weight is 374 g/mol. The summed E-state index contributed by atoms with van der Waals surface area (Å²) < 4.78 is 5.99. The summed E-state index contributed by atoms with van der Waals surface area (Å²) in [5.74, 6) is 0.430. The lowest BCUT2D eigenvalue weighted by Gasteiger charge is -2.34. The van der Waals surface area contributed by atoms with Gasteiger partial charge in [-0.2, -0.15) is 0 Å². The number of thioether (sulfide) groups is 1. The van der Waals surface area contributed by atoms with Crippen molar-refractivity contribution in [3.8, 4) is 0 Å². The Balaban J connectivity index is 1.82. The molecule has 1 heterocycles. The minimum absolute atomic E-state index is 0.0546. The summed E-state index contributed by atoms with van der Waals surface area (Å²) in [7, 11) is 0. The van der Waals surface area contributed by atoms with Crippen LogP contribution in [0.1, 0.15) is 32.6 Å². The molecule has 0 bridgehead atoms. The summed E-state index contributed by atoms with van der Waals surface area (Å²) in [6.07, 6.45) is 4.43. The minimum Gasteiger partial charge on any atom is -0.466 e. The van der Waals surface area contributed by atoms with Gasteiger partial charge in [-0.1, -0.05) is 0 Å². The first-order valence-electron chi connectivity index (χ1n) is 7.16. The lowest BCUT2D eigenvalue weighted by molar-refractivity contribution is -0.150. The number of carbonyl (C=O) groups excluding carboxylic acids is 1. The molecule has 0 aliphatic heterocycles. The minimum atomic E-state index is -0.706. The molecule has 1 aliphatic rings. The highest BCUT2D eigenvalue weighted by molar-refractivity contribution is 9.10. The lowest BCUT2D eigenvalue weighted by Crippen LogP contribution is -2.38. The highest BCUT2D eigenvalue weighted by Gasteiger charge is 2.36. The Bertz CT molecular complexity index is 472. The van der Waals surface area contributed by atoms with E-state index >= 15 is 0 Å². The quantitative estimate of drug-likeness (QED) is 0.632. The standard InChI is InChI=1S/C15H20BrNO3S/c1-2-20-14(18)11-5-7-15(19,8-6-11)10-21-13-4-3-12(16)9-17-13/h3-4,9,11,19H,2,5-8,10H2,1H3. The van der Waals surface area contributed by atoms with Crippen LogP contribution in [0, 0.1) is 5.92 Å². The number of halogens is 1. The molecule has 0 amide bonds. The van der Waals surface area contributed by atoms with Crippen molar-refractivity contribution in [3.63, 3.8) is 0 Å². The van der Waals surface area contributed by atoms with Gasteiger partial charge in [-0.3, -0.25) is 4.79 Å². The van der Waals surface area contributed by atoms with Gasteiger partial charge in [-0.15, -0.1) is 11.8 Å². The van der Waals surface area contributed by atoms with Crippen LogP contribution < -0.4 is 0 Å². The second-order valence-corrected chi connectivity index (χ2v) is 7.27. The van der Waals surface area contributed by atoms with Gasteiger partial charge in [0.25, 0.3) is 0 Å². The molecule has 1 aromatic heterocycles. The zero-order valence-corrected chi connectivity index (χ0v) is 14.5. The summed E-state index contributed by atoms with van der Waals surface area (Å²) in [6, 6.07) is 3.87. The second-order valence-electron chi connectivity index (χ2n) is 5.35. The van der Waals surface area contributed by atoms with Crippen molar-refractivity contribution in [2.45, 2.75) is 43.2 Å². The van der Waals surface area contributed by atoms with Crippen LogP contribution in [0.2, 0.25) is 0 Å². The summed E-state index contributed by atoms with van der Waals surface area (Å²) in [5, 5.41) is 11.5. The van der Waals surface area contributed by atoms with Crippen molar-refractivity contribution >= 4 is 33.7 Å². The van der Waals surface area contributed by atoms with Gasteiger partial charge in [0, 0.05) is 16.4 Å². The third-order valence-corrected chi connectivity index (χ3v) is 5.41. The van der Waals surface area contributed by atoms with Crippen LogP contribution in [0.5, 0.6) is 0 Å². The molecular formula is C15H20BrNO3S. The molecule has 1 N–H and O–H groups in total. The van der Waals surface area contributed by atoms with Crippen molar-refractivity contribution in [1.82, 2.24) is 4.98 Å². The number of carbonyl (C=O) groups is 1. The van der Waals surface area contributed by atoms with Crippen molar-refractivity contribution < 1.29 is 14.6 Å². The van der Waals surface area contributed by atoms with Crippen LogP contribution in [-0.4, -0.2) is 34.0 Å². The fourth-order valence-corrected chi connectivity index (χ4v) is 3.68. The van der Waals surface area contributed by atoms with Gasteiger partial charge >= 0.3 is 5.97 Å². The van der Waals surface area contributed by atoms with Crippen molar-refractivity contribution in [2.24, 2.45) is 5.92 Å². The van der Waals surface area contributed by atoms with E-state index in [1.165, 1.54) is 0 Å². The van der Waals surface area contributed by atoms with Gasteiger partial charge in [0.1, 0.15) is 0 Å². The molecule has 0 saturated heterocycles. The fourth-order valence-electron chi connectivity index (χ4n) is 2.45. The van der Waals surface area contributed by atoms with E-state index in [9.17, 15) is 9.90 Å². The maximum Gasteiger partial charge on any atom is 0.308 e. The molecule has 1 fully saturated rings. The van der Waals surface area contributed by atoms with Gasteiger partial charge in [0.15, 0.2) is 0 Å². The summed E-state index contributed by atoms with van der Waals surface area (Å²) >= 11 is 4.91. The van der Waals surface area contributed by atoms with Gasteiger partial charge in [-0.05, 0) is 60.7 Å². The number of nitrogens with zero attached hydrogens (tertiary/aromatic N) is 1. The van der Waals surface area contributed by atoms with Crippen molar-refractivity contribution in [2.75, 3.05) is 12.4 Å². The van der Waals surface area contributed by atoms with E-state index < -0.39 is 5.60 Å². The van der Waals surface area contributed by atoms with Crippen LogP contribution in [0.3, 0.4) is 0 Å². The number of pyridine rings is 1. The van der Waals surface area contributed by atoms with E-state index in [1.807, 2.05) is 19.1 Å². The number of esters is 1. The Morgan fingerprint density at radius 3 is 2.81 bits per heavy atom. The molecule has 116 valence electrons. The zero-order valence-electron chi connectivity index (χ0n) is 12.0. The van der Waals surface area contributed by atoms with E-state index in [1.54, 1.807) is 18.0 Å². The maximum atomic E-state index is 11.7. The molecule has 0 unspecified atom stereocenters. The molecule has 1 aromatic rings. The largest absolute Gasteiger partial charge is 0.466 e. The third kappa shape index (κ3) is 4.97. The number of rotatable bonds is 5. The monoisotopic (exact) mass is 373 g/mol. The normalized spacial score (nSPS) is 25.6. The Morgan fingerprint density at radius 2 is 2.24 bits per heavy atom. The number of hydrogen-bond acceptors (Lipinski definition) is 5. The molecule has 0 aromatic carbocycles. The van der Waals surface area contributed by atoms with E-state index in [2.05, 4.69) is 20.9 Å². The van der Waals surface area contributed by atoms with Gasteiger partial charge in [0.05, 0.1) is 23.2 Å². The van der Waals surface area contributed by atoms with E-state index in [0.29, 0.717) is 38.0 Å². The first kappa shape index (κ1) is 16.8. The Labute approximate surface area is 137 Å². The second kappa shape index (κ2) is 7.61. The molecule has 21 heavy (non-hydrogen) atoms. The molecule has 6 heteroatoms. The van der Waals surface area contributed by atoms with Crippen molar-refractivity contribution in [1.29, 1.82) is 0 Å². The van der Waals surface area contributed by atoms with Gasteiger partial charge in [-0.25, -0.2) is 4.98 Å². The molecule has 1 saturated carbocycles. The predicted octanol–water partition coefficient (Wildman–Crippen LogP) is 3.42.